The van der Waals surface area contributed by atoms with E-state index in [4.69, 9.17) is 17.3 Å². The quantitative estimate of drug-likeness (QED) is 0.127. The molecule has 0 aliphatic carbocycles. The Bertz CT molecular complexity index is 4080. The van der Waals surface area contributed by atoms with Crippen LogP contribution in [-0.2, 0) is 0 Å². The van der Waals surface area contributed by atoms with E-state index in [1.165, 1.54) is 38.2 Å². The molecule has 5 nitrogen and oxygen atoms in total. The van der Waals surface area contributed by atoms with E-state index in [1.54, 1.807) is 0 Å². The number of benzene rings is 11. The van der Waals surface area contributed by atoms with Crippen LogP contribution in [0.5, 0.6) is 5.75 Å². The molecule has 0 atom stereocenters. The van der Waals surface area contributed by atoms with Crippen molar-refractivity contribution in [1.82, 2.24) is 4.57 Å². The zero-order valence-electron chi connectivity index (χ0n) is 40.1. The summed E-state index contributed by atoms with van der Waals surface area (Å²) >= 11 is 5.51. The van der Waals surface area contributed by atoms with E-state index in [2.05, 4.69) is 280 Å². The highest BCUT2D eigenvalue weighted by molar-refractivity contribution is 7.80. The van der Waals surface area contributed by atoms with E-state index in [0.29, 0.717) is 0 Å². The lowest BCUT2D eigenvalue weighted by Gasteiger charge is -2.45. The van der Waals surface area contributed by atoms with E-state index in [9.17, 15) is 0 Å². The minimum atomic E-state index is -0.441. The monoisotopic (exact) mass is 962 g/mol. The van der Waals surface area contributed by atoms with Crippen LogP contribution < -0.4 is 46.7 Å². The van der Waals surface area contributed by atoms with Gasteiger partial charge in [-0.25, -0.2) is 0 Å². The Hall–Kier alpha value is -9.10. The van der Waals surface area contributed by atoms with Gasteiger partial charge in [0.2, 0.25) is 0 Å². The van der Waals surface area contributed by atoms with E-state index in [0.717, 1.165) is 89.6 Å². The summed E-state index contributed by atoms with van der Waals surface area (Å²) in [6, 6.07) is 94.3. The molecule has 1 aromatic heterocycles. The Labute approximate surface area is 436 Å². The molecule has 74 heavy (non-hydrogen) atoms. The topological polar surface area (TPSA) is 23.9 Å². The summed E-state index contributed by atoms with van der Waals surface area (Å²) in [5.74, 6) is 0.851. The SMILES string of the molecule is Sc1cc2c(cc1B1Oc3ccccc3-c3cc(-n4c5ccccc5c5ccccc54)ccc31)B1c3ccccc3N(c3ccccc3)c3cc(N(c4ccccc4)c4ccccc4)cc(c31)N2c1ccccc1. The first kappa shape index (κ1) is 42.6. The highest BCUT2D eigenvalue weighted by atomic mass is 32.1. The molecule has 8 heteroatoms. The van der Waals surface area contributed by atoms with Gasteiger partial charge in [0, 0.05) is 72.4 Å². The molecule has 0 amide bonds. The van der Waals surface area contributed by atoms with Crippen molar-refractivity contribution in [3.8, 4) is 22.6 Å². The lowest BCUT2D eigenvalue weighted by Crippen LogP contribution is -2.63. The summed E-state index contributed by atoms with van der Waals surface area (Å²) < 4.78 is 9.66. The van der Waals surface area contributed by atoms with Crippen LogP contribution in [0.2, 0.25) is 0 Å². The maximum absolute atomic E-state index is 7.26. The molecule has 3 aliphatic rings. The molecule has 0 saturated carbocycles. The molecule has 0 saturated heterocycles. The molecule has 12 aromatic rings. The number of rotatable bonds is 7. The summed E-state index contributed by atoms with van der Waals surface area (Å²) in [6.07, 6.45) is 0. The minimum absolute atomic E-state index is 0.136. The van der Waals surface area contributed by atoms with Crippen LogP contribution in [-0.4, -0.2) is 18.2 Å². The second-order valence-corrected chi connectivity index (χ2v) is 19.8. The van der Waals surface area contributed by atoms with Gasteiger partial charge in [-0.3, -0.25) is 0 Å². The average molecular weight is 963 g/mol. The third kappa shape index (κ3) is 6.54. The van der Waals surface area contributed by atoms with Crippen molar-refractivity contribution < 1.29 is 4.65 Å². The summed E-state index contributed by atoms with van der Waals surface area (Å²) in [5, 5.41) is 2.48. The minimum Gasteiger partial charge on any atom is -0.551 e. The smallest absolute Gasteiger partial charge is 0.428 e. The first-order valence-electron chi connectivity index (χ1n) is 25.3. The number of para-hydroxylation sites is 8. The standard InChI is InChI=1S/C66H44B2N4OS/c74-65-43-61-56(42-57(65)68-54-38-37-48(39-53(54)52-31-15-20-36-64(52)73-68)72-58-33-17-13-29-50(58)51-30-14-18-34-59(51)72)67-55-32-16-19-35-60(55)70(46-25-9-3-10-26-46)62-40-49(41-63(66(62)67)71(61)47-27-11-4-12-28-47)69(44-21-5-1-6-22-44)45-23-7-2-8-24-45/h1-43,74H. The fourth-order valence-corrected chi connectivity index (χ4v) is 12.5. The van der Waals surface area contributed by atoms with Crippen molar-refractivity contribution >= 4 is 127 Å². The summed E-state index contributed by atoms with van der Waals surface area (Å²) in [7, 11) is 0. The molecule has 11 aromatic carbocycles. The van der Waals surface area contributed by atoms with Gasteiger partial charge in [0.05, 0.1) is 16.7 Å². The van der Waals surface area contributed by atoms with Crippen LogP contribution in [0.15, 0.2) is 266 Å². The zero-order chi connectivity index (χ0) is 48.9. The van der Waals surface area contributed by atoms with Gasteiger partial charge in [-0.1, -0.05) is 158 Å². The molecule has 346 valence electrons. The second kappa shape index (κ2) is 17.0. The van der Waals surface area contributed by atoms with Crippen LogP contribution in [0.1, 0.15) is 0 Å². The Morgan fingerprint density at radius 2 is 0.905 bits per heavy atom. The predicted octanol–water partition coefficient (Wildman–Crippen LogP) is 13.8. The fraction of sp³-hybridized carbons (Fsp3) is 0. The molecule has 0 unspecified atom stereocenters. The van der Waals surface area contributed by atoms with Crippen molar-refractivity contribution in [2.24, 2.45) is 0 Å². The number of hydrogen-bond donors (Lipinski definition) is 1. The predicted molar refractivity (Wildman–Crippen MR) is 314 cm³/mol. The summed E-state index contributed by atoms with van der Waals surface area (Å²) in [6.45, 7) is -0.578. The van der Waals surface area contributed by atoms with Gasteiger partial charge < -0.3 is 23.9 Å². The van der Waals surface area contributed by atoms with Gasteiger partial charge in [-0.15, -0.1) is 12.6 Å². The van der Waals surface area contributed by atoms with E-state index in [1.807, 2.05) is 0 Å². The molecule has 0 N–H and O–H groups in total. The van der Waals surface area contributed by atoms with Gasteiger partial charge in [-0.2, -0.15) is 0 Å². The molecule has 15 rings (SSSR count). The molecular formula is C66H44B2N4OS. The zero-order valence-corrected chi connectivity index (χ0v) is 41.0. The fourth-order valence-electron chi connectivity index (χ4n) is 12.2. The molecule has 4 heterocycles. The number of anilines is 9. The highest BCUT2D eigenvalue weighted by Gasteiger charge is 2.45. The van der Waals surface area contributed by atoms with Crippen molar-refractivity contribution in [2.75, 3.05) is 14.7 Å². The number of thiol groups is 1. The van der Waals surface area contributed by atoms with Crippen LogP contribution in [0.4, 0.5) is 51.2 Å². The Morgan fingerprint density at radius 1 is 0.365 bits per heavy atom. The van der Waals surface area contributed by atoms with Gasteiger partial charge in [0.1, 0.15) is 5.75 Å². The van der Waals surface area contributed by atoms with Crippen molar-refractivity contribution in [2.45, 2.75) is 4.90 Å². The van der Waals surface area contributed by atoms with Crippen LogP contribution in [0.25, 0.3) is 38.6 Å². The molecule has 3 aliphatic heterocycles. The molecule has 0 spiro atoms. The number of fused-ring (bicyclic) bond motifs is 10. The maximum Gasteiger partial charge on any atom is 0.428 e. The average Bonchev–Trinajstić information content (AvgIpc) is 3.87. The largest absolute Gasteiger partial charge is 0.551 e. The Kier molecular flexibility index (Phi) is 9.79. The molecule has 0 fully saturated rings. The van der Waals surface area contributed by atoms with Crippen LogP contribution in [0, 0.1) is 0 Å². The van der Waals surface area contributed by atoms with Crippen molar-refractivity contribution in [1.29, 1.82) is 0 Å². The first-order valence-corrected chi connectivity index (χ1v) is 25.7. The summed E-state index contributed by atoms with van der Waals surface area (Å²) in [4.78, 5) is 8.17. The lowest BCUT2D eigenvalue weighted by atomic mass is 9.33. The lowest BCUT2D eigenvalue weighted by molar-refractivity contribution is 0.590. The second-order valence-electron chi connectivity index (χ2n) is 19.3. The number of nitrogens with zero attached hydrogens (tertiary/aromatic N) is 4. The summed E-state index contributed by atoms with van der Waals surface area (Å²) in [5.41, 5.74) is 21.3. The van der Waals surface area contributed by atoms with Gasteiger partial charge in [0.15, 0.2) is 0 Å². The molecular weight excluding hydrogens is 918 g/mol. The molecule has 0 bridgehead atoms. The number of aromatic nitrogens is 1. The van der Waals surface area contributed by atoms with Gasteiger partial charge in [-0.05, 0) is 136 Å². The van der Waals surface area contributed by atoms with E-state index in [-0.39, 0.29) is 6.71 Å². The van der Waals surface area contributed by atoms with Crippen molar-refractivity contribution in [3.63, 3.8) is 0 Å². The van der Waals surface area contributed by atoms with Crippen LogP contribution >= 0.6 is 12.6 Å². The molecule has 0 radical (unpaired) electrons. The number of hydrogen-bond acceptors (Lipinski definition) is 5. The maximum atomic E-state index is 7.26. The third-order valence-corrected chi connectivity index (χ3v) is 15.7. The Balaban J connectivity index is 0.976. The van der Waals surface area contributed by atoms with Gasteiger partial charge >= 0.3 is 6.92 Å². The van der Waals surface area contributed by atoms with E-state index < -0.39 is 6.92 Å². The third-order valence-electron chi connectivity index (χ3n) is 15.3. The van der Waals surface area contributed by atoms with Crippen LogP contribution in [0.3, 0.4) is 0 Å². The normalized spacial score (nSPS) is 12.9. The highest BCUT2D eigenvalue weighted by Crippen LogP contribution is 2.48. The van der Waals surface area contributed by atoms with E-state index >= 15 is 0 Å². The Morgan fingerprint density at radius 3 is 1.55 bits per heavy atom. The van der Waals surface area contributed by atoms with Crippen molar-refractivity contribution in [3.05, 3.63) is 261 Å². The first-order chi connectivity index (χ1) is 36.7. The van der Waals surface area contributed by atoms with Gasteiger partial charge in [0.25, 0.3) is 6.71 Å².